The Bertz CT molecular complexity index is 1950. The zero-order chi connectivity index (χ0) is 57.4. The van der Waals surface area contributed by atoms with Crippen LogP contribution in [0.2, 0.25) is 111 Å². The number of hydrogen-bond donors (Lipinski definition) is 0. The number of cyclic esters (lactones) is 2. The maximum atomic E-state index is 12.7. The van der Waals surface area contributed by atoms with Crippen molar-refractivity contribution < 1.29 is 96.6 Å². The van der Waals surface area contributed by atoms with Crippen LogP contribution in [0.15, 0.2) is 0 Å². The number of halogens is 7. The quantitative estimate of drug-likeness (QED) is 0.0330. The van der Waals surface area contributed by atoms with Gasteiger partial charge < -0.3 is 87.0 Å². The highest BCUT2D eigenvalue weighted by atomic mass is 35.5. The molecule has 0 aromatic rings. The van der Waals surface area contributed by atoms with E-state index in [1.54, 1.807) is 91.7 Å². The Labute approximate surface area is 498 Å². The molecule has 7 fully saturated rings. The average molecular weight is 1500 g/mol. The van der Waals surface area contributed by atoms with E-state index in [9.17, 15) is 9.59 Å². The lowest BCUT2D eigenvalue weighted by atomic mass is 10.0. The van der Waals surface area contributed by atoms with Gasteiger partial charge in [-0.1, -0.05) is 6.42 Å². The molecule has 8 bridgehead atoms. The van der Waals surface area contributed by atoms with Crippen molar-refractivity contribution in [3.63, 3.8) is 0 Å². The third-order valence-corrected chi connectivity index (χ3v) is 80.0. The third-order valence-electron chi connectivity index (χ3n) is 10.8. The molecule has 1 atom stereocenters. The van der Waals surface area contributed by atoms with Crippen LogP contribution in [0, 0.1) is 5.92 Å². The summed E-state index contributed by atoms with van der Waals surface area (Å²) in [4.78, 5) is 24.8. The summed E-state index contributed by atoms with van der Waals surface area (Å²) in [6, 6.07) is 0.292. The lowest BCUT2D eigenvalue weighted by molar-refractivity contribution is -0.153. The van der Waals surface area contributed by atoms with Crippen LogP contribution < -0.4 is 0 Å². The van der Waals surface area contributed by atoms with Crippen LogP contribution >= 0.6 is 81.2 Å². The molecule has 0 radical (unpaired) electrons. The fourth-order valence-electron chi connectivity index (χ4n) is 7.30. The normalized spacial score (nSPS) is 35.8. The summed E-state index contributed by atoms with van der Waals surface area (Å²) in [5.41, 5.74) is -0.508. The monoisotopic (exact) mass is 1490 g/mol. The molecule has 7 saturated heterocycles. The van der Waals surface area contributed by atoms with Crippen LogP contribution in [0.25, 0.3) is 0 Å². The van der Waals surface area contributed by atoms with E-state index in [2.05, 4.69) is 0 Å². The maximum absolute atomic E-state index is 12.7. The van der Waals surface area contributed by atoms with E-state index in [0.29, 0.717) is 12.5 Å². The summed E-state index contributed by atoms with van der Waals surface area (Å²) < 4.78 is 152. The average Bonchev–Trinajstić information content (AvgIpc) is 3.54. The molecule has 0 aromatic carbocycles. The lowest BCUT2D eigenvalue weighted by Crippen LogP contribution is -2.93. The van der Waals surface area contributed by atoms with Gasteiger partial charge in [-0.3, -0.25) is 9.59 Å². The Morgan fingerprint density at radius 2 is 0.539 bits per heavy atom. The predicted octanol–water partition coefficient (Wildman–Crippen LogP) is 7.83. The van der Waals surface area contributed by atoms with E-state index >= 15 is 0 Å². The molecule has 0 amide bonds. The van der Waals surface area contributed by atoms with Gasteiger partial charge in [-0.25, -0.2) is 0 Å². The van der Waals surface area contributed by atoms with Gasteiger partial charge in [-0.15, -0.1) is 81.2 Å². The number of esters is 2. The highest BCUT2D eigenvalue weighted by Crippen LogP contribution is 2.53. The number of carbonyl (C=O) groups is 2. The molecule has 0 saturated carbocycles. The molecule has 0 spiro atoms. The molecule has 76 heavy (non-hydrogen) atoms. The summed E-state index contributed by atoms with van der Waals surface area (Å²) in [6.45, 7) is 28.6. The van der Waals surface area contributed by atoms with Gasteiger partial charge in [-0.2, -0.15) is 0 Å². The minimum absolute atomic E-state index is 0.0604. The first-order valence-electron chi connectivity index (χ1n) is 24.1. The first kappa shape index (κ1) is 68.9. The van der Waals surface area contributed by atoms with Gasteiger partial charge in [-0.05, 0) is 117 Å². The first-order chi connectivity index (χ1) is 34.4. The Morgan fingerprint density at radius 3 is 0.697 bits per heavy atom. The number of ether oxygens (including phenoxy) is 1. The standard InChI is InChI=1S/C30H71Cl7O23Si16/c1-61(2,19-17-18-28-20-29(38)40-30(28)39)41-69-49-70(42-62(3,4)21-31)52-73(45-65(9,10)24-34)54-71(50-69,43-63(5,6)22-32)56-75(47-67(13,14)26-36)57-72(51-69,44-64(7,8)23-33)55-74(53-70,46-66(11,12)25-35)59-76(58-73,60-75)48-68(15,16)27-37/h28H,17-27H2,1-16H3. The van der Waals surface area contributed by atoms with Gasteiger partial charge in [0.05, 0.1) is 12.3 Å². The fourth-order valence-corrected chi connectivity index (χ4v) is 76.1. The number of carbonyl (C=O) groups excluding carboxylic acids is 2. The molecule has 7 heterocycles. The zero-order valence-electron chi connectivity index (χ0n) is 45.4. The van der Waals surface area contributed by atoms with Crippen molar-refractivity contribution in [1.82, 2.24) is 0 Å². The number of rotatable bonds is 27. The molecular formula is C30H71Cl7O23Si16. The van der Waals surface area contributed by atoms with Crippen LogP contribution in [-0.2, 0) is 96.6 Å². The van der Waals surface area contributed by atoms with E-state index in [1.807, 2.05) is 13.1 Å². The summed E-state index contributed by atoms with van der Waals surface area (Å²) in [6.07, 6.45) is 0.584. The highest BCUT2D eigenvalue weighted by Gasteiger charge is 2.92. The van der Waals surface area contributed by atoms with Crippen molar-refractivity contribution in [3.8, 4) is 0 Å². The second kappa shape index (κ2) is 24.1. The summed E-state index contributed by atoms with van der Waals surface area (Å²) in [7, 11) is -70.8. The van der Waals surface area contributed by atoms with Crippen LogP contribution in [0.4, 0.5) is 0 Å². The number of alkyl halides is 7. The van der Waals surface area contributed by atoms with E-state index in [1.165, 1.54) is 0 Å². The van der Waals surface area contributed by atoms with E-state index < -0.39 is 157 Å². The minimum atomic E-state index is -5.54. The number of hydrogen-bond acceptors (Lipinski definition) is 23. The van der Waals surface area contributed by atoms with Crippen molar-refractivity contribution in [2.75, 3.05) is 38.5 Å². The molecule has 46 heteroatoms. The van der Waals surface area contributed by atoms with Crippen LogP contribution in [0.5, 0.6) is 0 Å². The van der Waals surface area contributed by atoms with Gasteiger partial charge >= 0.3 is 84.3 Å². The van der Waals surface area contributed by atoms with Crippen molar-refractivity contribution in [1.29, 1.82) is 0 Å². The zero-order valence-corrected chi connectivity index (χ0v) is 66.7. The highest BCUT2D eigenvalue weighted by molar-refractivity contribution is 7.05. The van der Waals surface area contributed by atoms with Crippen molar-refractivity contribution in [3.05, 3.63) is 0 Å². The second-order valence-electron chi connectivity index (χ2n) is 23.6. The molecule has 442 valence electrons. The molecular weight excluding hydrogens is 1430 g/mol. The van der Waals surface area contributed by atoms with E-state index in [4.69, 9.17) is 168 Å². The van der Waals surface area contributed by atoms with Crippen molar-refractivity contribution in [2.24, 2.45) is 5.92 Å². The maximum Gasteiger partial charge on any atom is 0.651 e. The van der Waals surface area contributed by atoms with Gasteiger partial charge in [0.15, 0.2) is 66.5 Å². The molecule has 1 unspecified atom stereocenters. The van der Waals surface area contributed by atoms with Crippen LogP contribution in [0.3, 0.4) is 0 Å². The summed E-state index contributed by atoms with van der Waals surface area (Å²) in [5.74, 6) is -1.87. The van der Waals surface area contributed by atoms with Gasteiger partial charge in [0.1, 0.15) is 0 Å². The first-order valence-corrected chi connectivity index (χ1v) is 65.9. The van der Waals surface area contributed by atoms with Crippen LogP contribution in [-0.4, -0.2) is 189 Å². The van der Waals surface area contributed by atoms with Gasteiger partial charge in [0.2, 0.25) is 0 Å². The Morgan fingerprint density at radius 1 is 0.355 bits per heavy atom. The molecule has 0 N–H and O–H groups in total. The molecule has 7 aliphatic rings. The molecule has 0 aromatic heterocycles. The van der Waals surface area contributed by atoms with Gasteiger partial charge in [0, 0.05) is 38.5 Å². The van der Waals surface area contributed by atoms with E-state index in [-0.39, 0.29) is 51.4 Å². The van der Waals surface area contributed by atoms with Crippen molar-refractivity contribution in [2.45, 2.75) is 130 Å². The Balaban J connectivity index is 1.83. The Hall–Kier alpha value is 3.84. The SMILES string of the molecule is C[Si](C)(CCl)O[Si]12O[Si]3(O[Si](C)(C)CCl)O[Si]4(O[Si](C)(C)CCl)O[Si](O[Si](C)(C)CCl)(O1)O[Si]1(O[Si](C)(C)CCl)O[Si](O[Si](C)(C)CCl)(O2)O[Si](O[Si](C)(C)CCl)(O3)O[Si](O[Si](C)(C)CCCC2CC(=O)OC2=O)(O4)O1. The predicted molar refractivity (Wildman–Crippen MR) is 316 cm³/mol. The minimum Gasteiger partial charge on any atom is -0.395 e. The fraction of sp³-hybridized carbons (Fsp3) is 0.933. The third kappa shape index (κ3) is 17.1. The Kier molecular flexibility index (Phi) is 21.8. The largest absolute Gasteiger partial charge is 0.651 e. The molecule has 7 rings (SSSR count). The summed E-state index contributed by atoms with van der Waals surface area (Å²) in [5, 5.41) is 0. The smallest absolute Gasteiger partial charge is 0.395 e. The van der Waals surface area contributed by atoms with E-state index in [0.717, 1.165) is 0 Å². The summed E-state index contributed by atoms with van der Waals surface area (Å²) >= 11 is 47.6. The lowest BCUT2D eigenvalue weighted by Gasteiger charge is -2.61. The molecule has 7 aliphatic heterocycles. The molecule has 23 nitrogen and oxygen atoms in total. The topological polar surface area (TPSA) is 228 Å². The van der Waals surface area contributed by atoms with Crippen LogP contribution in [0.1, 0.15) is 19.3 Å². The van der Waals surface area contributed by atoms with Gasteiger partial charge in [0.25, 0.3) is 0 Å². The van der Waals surface area contributed by atoms with Crippen molar-refractivity contribution >= 4 is 232 Å². The second-order valence-corrected chi connectivity index (χ2v) is 84.1. The molecule has 0 aliphatic carbocycles.